The molecule has 1 saturated heterocycles. The van der Waals surface area contributed by atoms with Crippen molar-refractivity contribution in [3.63, 3.8) is 0 Å². The number of hydrogen-bond acceptors (Lipinski definition) is 6. The number of carbonyl (C=O) groups excluding carboxylic acids is 1. The second-order valence-electron chi connectivity index (χ2n) is 8.12. The number of amides is 1. The van der Waals surface area contributed by atoms with Crippen LogP contribution in [-0.4, -0.2) is 59.8 Å². The molecular weight excluding hydrogens is 476 g/mol. The summed E-state index contributed by atoms with van der Waals surface area (Å²) in [7, 11) is -3.77. The number of carbonyl (C=O) groups is 1. The van der Waals surface area contributed by atoms with E-state index in [0.717, 1.165) is 10.9 Å². The number of rotatable bonds is 4. The van der Waals surface area contributed by atoms with Gasteiger partial charge in [-0.15, -0.1) is 0 Å². The van der Waals surface area contributed by atoms with E-state index in [1.807, 2.05) is 25.1 Å². The van der Waals surface area contributed by atoms with Gasteiger partial charge in [0.1, 0.15) is 4.90 Å². The van der Waals surface area contributed by atoms with Crippen LogP contribution in [0.25, 0.3) is 22.2 Å². The molecule has 2 aromatic carbocycles. The fourth-order valence-corrected chi connectivity index (χ4v) is 5.82. The van der Waals surface area contributed by atoms with E-state index in [1.165, 1.54) is 4.31 Å². The maximum absolute atomic E-state index is 13.4. The third-order valence-corrected chi connectivity index (χ3v) is 7.96. The van der Waals surface area contributed by atoms with E-state index in [0.29, 0.717) is 21.9 Å². The van der Waals surface area contributed by atoms with Crippen LogP contribution in [0.4, 0.5) is 0 Å². The third kappa shape index (κ3) is 4.18. The first-order valence-electron chi connectivity index (χ1n) is 10.7. The lowest BCUT2D eigenvalue weighted by Crippen LogP contribution is -2.50. The predicted molar refractivity (Wildman–Crippen MR) is 128 cm³/mol. The van der Waals surface area contributed by atoms with Crippen molar-refractivity contribution >= 4 is 38.4 Å². The smallest absolute Gasteiger partial charge is 0.276 e. The first-order chi connectivity index (χ1) is 16.3. The molecule has 0 radical (unpaired) electrons. The molecule has 0 bridgehead atoms. The lowest BCUT2D eigenvalue weighted by atomic mass is 10.1. The SMILES string of the molecule is Cc1cnc2c(S(=O)(=O)N3CCN(C(=O)c4cc(-c5cccc(Cl)c5)on4)CC3)cccc2c1. The molecule has 174 valence electrons. The minimum atomic E-state index is -3.77. The summed E-state index contributed by atoms with van der Waals surface area (Å²) in [6, 6.07) is 15.7. The lowest BCUT2D eigenvalue weighted by Gasteiger charge is -2.33. The topological polar surface area (TPSA) is 96.6 Å². The summed E-state index contributed by atoms with van der Waals surface area (Å²) in [5, 5.41) is 5.23. The van der Waals surface area contributed by atoms with Gasteiger partial charge in [-0.2, -0.15) is 4.31 Å². The molecule has 0 saturated carbocycles. The van der Waals surface area contributed by atoms with Crippen molar-refractivity contribution < 1.29 is 17.7 Å². The Labute approximate surface area is 201 Å². The van der Waals surface area contributed by atoms with E-state index in [4.69, 9.17) is 16.1 Å². The zero-order valence-electron chi connectivity index (χ0n) is 18.3. The number of nitrogens with zero attached hydrogens (tertiary/aromatic N) is 4. The average Bonchev–Trinajstić information content (AvgIpc) is 3.33. The van der Waals surface area contributed by atoms with Gasteiger partial charge in [-0.3, -0.25) is 9.78 Å². The molecule has 4 aromatic rings. The highest BCUT2D eigenvalue weighted by atomic mass is 35.5. The van der Waals surface area contributed by atoms with Gasteiger partial charge in [0.05, 0.1) is 5.52 Å². The van der Waals surface area contributed by atoms with Crippen molar-refractivity contribution in [1.29, 1.82) is 0 Å². The summed E-state index contributed by atoms with van der Waals surface area (Å²) >= 11 is 6.02. The number of halogens is 1. The number of para-hydroxylation sites is 1. The van der Waals surface area contributed by atoms with E-state index >= 15 is 0 Å². The average molecular weight is 497 g/mol. The number of piperazine rings is 1. The molecule has 0 N–H and O–H groups in total. The highest BCUT2D eigenvalue weighted by Gasteiger charge is 2.32. The molecule has 5 rings (SSSR count). The predicted octanol–water partition coefficient (Wildman–Crippen LogP) is 4.00. The first kappa shape index (κ1) is 22.5. The Balaban J connectivity index is 1.31. The number of pyridine rings is 1. The monoisotopic (exact) mass is 496 g/mol. The summed E-state index contributed by atoms with van der Waals surface area (Å²) in [4.78, 5) is 19.1. The van der Waals surface area contributed by atoms with Crippen molar-refractivity contribution in [3.8, 4) is 11.3 Å². The van der Waals surface area contributed by atoms with Crippen LogP contribution < -0.4 is 0 Å². The molecule has 0 aliphatic carbocycles. The molecule has 8 nitrogen and oxygen atoms in total. The van der Waals surface area contributed by atoms with E-state index < -0.39 is 10.0 Å². The van der Waals surface area contributed by atoms with Crippen molar-refractivity contribution in [3.05, 3.63) is 77.1 Å². The van der Waals surface area contributed by atoms with E-state index in [2.05, 4.69) is 10.1 Å². The van der Waals surface area contributed by atoms with Gasteiger partial charge >= 0.3 is 0 Å². The largest absolute Gasteiger partial charge is 0.355 e. The maximum atomic E-state index is 13.4. The van der Waals surface area contributed by atoms with Crippen LogP contribution in [0, 0.1) is 6.92 Å². The number of aromatic nitrogens is 2. The lowest BCUT2D eigenvalue weighted by molar-refractivity contribution is 0.0687. The normalized spacial score (nSPS) is 15.1. The number of hydrogen-bond donors (Lipinski definition) is 0. The molecule has 0 unspecified atom stereocenters. The summed E-state index contributed by atoms with van der Waals surface area (Å²) in [5.41, 5.74) is 2.29. The Bertz CT molecular complexity index is 1490. The summed E-state index contributed by atoms with van der Waals surface area (Å²) < 4.78 is 33.5. The highest BCUT2D eigenvalue weighted by molar-refractivity contribution is 7.89. The summed E-state index contributed by atoms with van der Waals surface area (Å²) in [5.74, 6) is 0.127. The number of fused-ring (bicyclic) bond motifs is 1. The first-order valence-corrected chi connectivity index (χ1v) is 12.5. The Morgan fingerprint density at radius 2 is 1.79 bits per heavy atom. The zero-order chi connectivity index (χ0) is 23.9. The Morgan fingerprint density at radius 3 is 2.56 bits per heavy atom. The van der Waals surface area contributed by atoms with Gasteiger partial charge in [0.15, 0.2) is 11.5 Å². The van der Waals surface area contributed by atoms with E-state index in [9.17, 15) is 13.2 Å². The number of aryl methyl sites for hydroxylation is 1. The minimum absolute atomic E-state index is 0.167. The van der Waals surface area contributed by atoms with Gasteiger partial charge in [0, 0.05) is 54.4 Å². The standard InChI is InChI=1S/C24H21ClN4O4S/c1-16-12-18-5-3-7-22(23(18)26-15-16)34(31,32)29-10-8-28(9-11-29)24(30)20-14-21(33-27-20)17-4-2-6-19(25)13-17/h2-7,12-15H,8-11H2,1H3. The Hall–Kier alpha value is -3.27. The number of benzene rings is 2. The molecule has 3 heterocycles. The van der Waals surface area contributed by atoms with Crippen LogP contribution in [0.1, 0.15) is 16.1 Å². The molecule has 1 aliphatic rings. The highest BCUT2D eigenvalue weighted by Crippen LogP contribution is 2.27. The minimum Gasteiger partial charge on any atom is -0.355 e. The molecule has 2 aromatic heterocycles. The molecule has 0 atom stereocenters. The van der Waals surface area contributed by atoms with Crippen LogP contribution in [-0.2, 0) is 10.0 Å². The van der Waals surface area contributed by atoms with Gasteiger partial charge in [-0.1, -0.05) is 41.0 Å². The second kappa shape index (κ2) is 8.83. The quantitative estimate of drug-likeness (QED) is 0.423. The van der Waals surface area contributed by atoms with Crippen LogP contribution in [0.3, 0.4) is 0 Å². The third-order valence-electron chi connectivity index (χ3n) is 5.79. The molecule has 34 heavy (non-hydrogen) atoms. The summed E-state index contributed by atoms with van der Waals surface area (Å²) in [6.45, 7) is 2.75. The summed E-state index contributed by atoms with van der Waals surface area (Å²) in [6.07, 6.45) is 1.66. The van der Waals surface area contributed by atoms with Gasteiger partial charge < -0.3 is 9.42 Å². The van der Waals surface area contributed by atoms with Crippen LogP contribution >= 0.6 is 11.6 Å². The van der Waals surface area contributed by atoms with Gasteiger partial charge in [-0.05, 0) is 36.8 Å². The van der Waals surface area contributed by atoms with Crippen molar-refractivity contribution in [1.82, 2.24) is 19.3 Å². The second-order valence-corrected chi connectivity index (χ2v) is 10.5. The maximum Gasteiger partial charge on any atom is 0.276 e. The molecule has 1 fully saturated rings. The van der Waals surface area contributed by atoms with E-state index in [-0.39, 0.29) is 42.7 Å². The molecule has 1 aliphatic heterocycles. The van der Waals surface area contributed by atoms with Crippen LogP contribution in [0.2, 0.25) is 5.02 Å². The molecule has 10 heteroatoms. The Morgan fingerprint density at radius 1 is 1.03 bits per heavy atom. The fraction of sp³-hybridized carbons (Fsp3) is 0.208. The van der Waals surface area contributed by atoms with Crippen molar-refractivity contribution in [2.24, 2.45) is 0 Å². The molecule has 0 spiro atoms. The molecular formula is C24H21ClN4O4S. The Kier molecular flexibility index (Phi) is 5.85. The molecule has 1 amide bonds. The van der Waals surface area contributed by atoms with Crippen molar-refractivity contribution in [2.45, 2.75) is 11.8 Å². The van der Waals surface area contributed by atoms with Crippen molar-refractivity contribution in [2.75, 3.05) is 26.2 Å². The van der Waals surface area contributed by atoms with Gasteiger partial charge in [-0.25, -0.2) is 8.42 Å². The fourth-order valence-electron chi connectivity index (χ4n) is 4.04. The van der Waals surface area contributed by atoms with Gasteiger partial charge in [0.25, 0.3) is 5.91 Å². The van der Waals surface area contributed by atoms with Crippen LogP contribution in [0.5, 0.6) is 0 Å². The van der Waals surface area contributed by atoms with Crippen LogP contribution in [0.15, 0.2) is 70.2 Å². The van der Waals surface area contributed by atoms with Gasteiger partial charge in [0.2, 0.25) is 10.0 Å². The zero-order valence-corrected chi connectivity index (χ0v) is 19.9. The number of sulfonamides is 1. The van der Waals surface area contributed by atoms with E-state index in [1.54, 1.807) is 47.5 Å².